The molecule has 2 aromatic heterocycles. The molecule has 118 valence electrons. The lowest BCUT2D eigenvalue weighted by molar-refractivity contribution is 0.102. The normalized spacial score (nSPS) is 11.2. The Labute approximate surface area is 140 Å². The maximum absolute atomic E-state index is 13.2. The van der Waals surface area contributed by atoms with Crippen LogP contribution in [0, 0.1) is 5.82 Å². The fourth-order valence-electron chi connectivity index (χ4n) is 2.48. The van der Waals surface area contributed by atoms with Gasteiger partial charge in [0.15, 0.2) is 11.4 Å². The van der Waals surface area contributed by atoms with Crippen molar-refractivity contribution in [3.05, 3.63) is 66.2 Å². The molecule has 4 nitrogen and oxygen atoms in total. The molecule has 0 saturated carbocycles. The monoisotopic (exact) mass is 338 g/mol. The largest absolute Gasteiger partial charge is 0.451 e. The van der Waals surface area contributed by atoms with E-state index in [4.69, 9.17) is 4.42 Å². The van der Waals surface area contributed by atoms with Gasteiger partial charge in [0.1, 0.15) is 28.3 Å². The van der Waals surface area contributed by atoms with Gasteiger partial charge in [0.05, 0.1) is 5.75 Å². The van der Waals surface area contributed by atoms with Gasteiger partial charge in [-0.1, -0.05) is 36.0 Å². The van der Waals surface area contributed by atoms with Crippen molar-refractivity contribution in [2.24, 2.45) is 0 Å². The summed E-state index contributed by atoms with van der Waals surface area (Å²) in [7, 11) is 0. The second kappa shape index (κ2) is 6.05. The molecule has 0 fully saturated rings. The number of aromatic nitrogens is 2. The third kappa shape index (κ3) is 2.65. The van der Waals surface area contributed by atoms with Crippen molar-refractivity contribution in [3.63, 3.8) is 0 Å². The van der Waals surface area contributed by atoms with Crippen molar-refractivity contribution < 1.29 is 13.6 Å². The summed E-state index contributed by atoms with van der Waals surface area (Å²) >= 11 is 1.26. The summed E-state index contributed by atoms with van der Waals surface area (Å²) in [5, 5.41) is 1.51. The molecule has 6 heteroatoms. The third-order valence-corrected chi connectivity index (χ3v) is 4.58. The first kappa shape index (κ1) is 14.8. The molecule has 0 unspecified atom stereocenters. The fraction of sp³-hybridized carbons (Fsp3) is 0.0556. The SMILES string of the molecule is O=C(CSc1ncnc2c1oc1ccccc12)c1cccc(F)c1. The van der Waals surface area contributed by atoms with Crippen molar-refractivity contribution in [2.75, 3.05) is 5.75 Å². The Hall–Kier alpha value is -2.73. The van der Waals surface area contributed by atoms with Gasteiger partial charge >= 0.3 is 0 Å². The smallest absolute Gasteiger partial charge is 0.186 e. The molecule has 0 bridgehead atoms. The van der Waals surface area contributed by atoms with Crippen molar-refractivity contribution >= 4 is 39.6 Å². The molecule has 0 aliphatic rings. The molecule has 0 aliphatic heterocycles. The maximum atomic E-state index is 13.2. The van der Waals surface area contributed by atoms with Gasteiger partial charge in [-0.3, -0.25) is 4.79 Å². The Morgan fingerprint density at radius 1 is 1.12 bits per heavy atom. The van der Waals surface area contributed by atoms with Gasteiger partial charge in [-0.25, -0.2) is 14.4 Å². The minimum absolute atomic E-state index is 0.145. The summed E-state index contributed by atoms with van der Waals surface area (Å²) in [6, 6.07) is 13.3. The van der Waals surface area contributed by atoms with Crippen LogP contribution in [-0.2, 0) is 0 Å². The summed E-state index contributed by atoms with van der Waals surface area (Å²) < 4.78 is 19.0. The third-order valence-electron chi connectivity index (χ3n) is 3.61. The number of hydrogen-bond acceptors (Lipinski definition) is 5. The predicted molar refractivity (Wildman–Crippen MR) is 90.8 cm³/mol. The van der Waals surface area contributed by atoms with Crippen LogP contribution >= 0.6 is 11.8 Å². The van der Waals surface area contributed by atoms with Crippen LogP contribution in [0.5, 0.6) is 0 Å². The highest BCUT2D eigenvalue weighted by Crippen LogP contribution is 2.32. The topological polar surface area (TPSA) is 56.0 Å². The highest BCUT2D eigenvalue weighted by Gasteiger charge is 2.15. The second-order valence-corrected chi connectivity index (χ2v) is 6.14. The van der Waals surface area contributed by atoms with E-state index in [1.807, 2.05) is 24.3 Å². The van der Waals surface area contributed by atoms with Gasteiger partial charge in [0.2, 0.25) is 0 Å². The Morgan fingerprint density at radius 3 is 2.88 bits per heavy atom. The molecule has 2 heterocycles. The average molecular weight is 338 g/mol. The van der Waals surface area contributed by atoms with Gasteiger partial charge in [-0.05, 0) is 24.3 Å². The van der Waals surface area contributed by atoms with Crippen molar-refractivity contribution in [2.45, 2.75) is 5.03 Å². The number of fused-ring (bicyclic) bond motifs is 3. The summed E-state index contributed by atoms with van der Waals surface area (Å²) in [4.78, 5) is 20.7. The molecular weight excluding hydrogens is 327 g/mol. The van der Waals surface area contributed by atoms with Crippen LogP contribution in [-0.4, -0.2) is 21.5 Å². The summed E-state index contributed by atoms with van der Waals surface area (Å²) in [5.74, 6) is -0.443. The zero-order chi connectivity index (χ0) is 16.5. The number of nitrogens with zero attached hydrogens (tertiary/aromatic N) is 2. The van der Waals surface area contributed by atoms with Crippen molar-refractivity contribution in [3.8, 4) is 0 Å². The lowest BCUT2D eigenvalue weighted by Crippen LogP contribution is -2.03. The number of Topliss-reactive ketones (excluding diaryl/α,β-unsaturated/α-hetero) is 1. The van der Waals surface area contributed by atoms with E-state index in [1.165, 1.54) is 36.3 Å². The summed E-state index contributed by atoms with van der Waals surface area (Å²) in [6.45, 7) is 0. The van der Waals surface area contributed by atoms with Gasteiger partial charge in [-0.2, -0.15) is 0 Å². The first-order valence-corrected chi connectivity index (χ1v) is 8.25. The van der Waals surface area contributed by atoms with Crippen molar-refractivity contribution in [1.29, 1.82) is 0 Å². The van der Waals surface area contributed by atoms with E-state index >= 15 is 0 Å². The number of carbonyl (C=O) groups is 1. The molecule has 0 atom stereocenters. The van der Waals surface area contributed by atoms with Crippen LogP contribution in [0.1, 0.15) is 10.4 Å². The number of thioether (sulfide) groups is 1. The first-order valence-electron chi connectivity index (χ1n) is 7.26. The van der Waals surface area contributed by atoms with Gasteiger partial charge in [0, 0.05) is 10.9 Å². The lowest BCUT2D eigenvalue weighted by atomic mass is 10.1. The number of para-hydroxylation sites is 1. The van der Waals surface area contributed by atoms with E-state index < -0.39 is 5.82 Å². The average Bonchev–Trinajstić information content (AvgIpc) is 2.99. The highest BCUT2D eigenvalue weighted by molar-refractivity contribution is 8.00. The molecule has 4 rings (SSSR count). The Kier molecular flexibility index (Phi) is 3.74. The number of ketones is 1. The molecule has 24 heavy (non-hydrogen) atoms. The van der Waals surface area contributed by atoms with E-state index in [2.05, 4.69) is 9.97 Å². The second-order valence-electron chi connectivity index (χ2n) is 5.18. The minimum Gasteiger partial charge on any atom is -0.451 e. The van der Waals surface area contributed by atoms with Crippen LogP contribution in [0.2, 0.25) is 0 Å². The Balaban J connectivity index is 1.64. The van der Waals surface area contributed by atoms with Gasteiger partial charge < -0.3 is 4.42 Å². The van der Waals surface area contributed by atoms with E-state index in [0.717, 1.165) is 16.5 Å². The molecule has 2 aromatic carbocycles. The Morgan fingerprint density at radius 2 is 2.00 bits per heavy atom. The molecule has 0 amide bonds. The molecular formula is C18H11FN2O2S. The number of benzene rings is 2. The molecule has 0 aliphatic carbocycles. The fourth-order valence-corrected chi connectivity index (χ4v) is 3.31. The molecule has 0 spiro atoms. The number of rotatable bonds is 4. The van der Waals surface area contributed by atoms with Crippen LogP contribution < -0.4 is 0 Å². The number of carbonyl (C=O) groups excluding carboxylic acids is 1. The van der Waals surface area contributed by atoms with Gasteiger partial charge in [0.25, 0.3) is 0 Å². The maximum Gasteiger partial charge on any atom is 0.186 e. The van der Waals surface area contributed by atoms with Crippen molar-refractivity contribution in [1.82, 2.24) is 9.97 Å². The minimum atomic E-state index is -0.424. The molecule has 0 N–H and O–H groups in total. The van der Waals surface area contributed by atoms with Crippen LogP contribution in [0.4, 0.5) is 4.39 Å². The Bertz CT molecular complexity index is 1060. The van der Waals surface area contributed by atoms with Crippen LogP contribution in [0.15, 0.2) is 64.3 Å². The summed E-state index contributed by atoms with van der Waals surface area (Å²) in [6.07, 6.45) is 1.46. The highest BCUT2D eigenvalue weighted by atomic mass is 32.2. The number of halogens is 1. The first-order chi connectivity index (χ1) is 11.7. The van der Waals surface area contributed by atoms with Crippen LogP contribution in [0.25, 0.3) is 22.1 Å². The standard InChI is InChI=1S/C18H11FN2O2S/c19-12-5-3-4-11(8-12)14(22)9-24-18-17-16(20-10-21-18)13-6-1-2-7-15(13)23-17/h1-8,10H,9H2. The quantitative estimate of drug-likeness (QED) is 0.312. The van der Waals surface area contributed by atoms with E-state index in [0.29, 0.717) is 16.2 Å². The van der Waals surface area contributed by atoms with E-state index in [-0.39, 0.29) is 11.5 Å². The van der Waals surface area contributed by atoms with Gasteiger partial charge in [-0.15, -0.1) is 0 Å². The molecule has 0 radical (unpaired) electrons. The molecule has 0 saturated heterocycles. The number of furan rings is 1. The lowest BCUT2D eigenvalue weighted by Gasteiger charge is -2.01. The summed E-state index contributed by atoms with van der Waals surface area (Å²) in [5.41, 5.74) is 2.36. The van der Waals surface area contributed by atoms with Crippen LogP contribution in [0.3, 0.4) is 0 Å². The molecule has 4 aromatic rings. The van der Waals surface area contributed by atoms with E-state index in [1.54, 1.807) is 6.07 Å². The zero-order valence-electron chi connectivity index (χ0n) is 12.4. The predicted octanol–water partition coefficient (Wildman–Crippen LogP) is 4.49. The number of hydrogen-bond donors (Lipinski definition) is 0. The van der Waals surface area contributed by atoms with E-state index in [9.17, 15) is 9.18 Å². The zero-order valence-corrected chi connectivity index (χ0v) is 13.2.